The molecule has 0 aliphatic heterocycles. The fraction of sp³-hybridized carbons (Fsp3) is 0.900. The second kappa shape index (κ2) is 7.57. The average Bonchev–Trinajstić information content (AvgIpc) is 2.78. The van der Waals surface area contributed by atoms with Crippen molar-refractivity contribution >= 4 is 5.97 Å². The number of aliphatic carboxylic acids is 1. The number of rotatable bonds is 2. The zero-order valence-electron chi connectivity index (χ0n) is 22.7. The molecule has 0 saturated heterocycles. The molecule has 5 nitrogen and oxygen atoms in total. The van der Waals surface area contributed by atoms with Crippen molar-refractivity contribution in [3.05, 3.63) is 11.6 Å². The van der Waals surface area contributed by atoms with E-state index in [-0.39, 0.29) is 40.1 Å². The van der Waals surface area contributed by atoms with Crippen LogP contribution in [0.25, 0.3) is 0 Å². The van der Waals surface area contributed by atoms with Crippen LogP contribution in [-0.4, -0.2) is 45.2 Å². The van der Waals surface area contributed by atoms with E-state index in [1.165, 1.54) is 5.57 Å². The van der Waals surface area contributed by atoms with Crippen molar-refractivity contribution in [1.82, 2.24) is 0 Å². The van der Waals surface area contributed by atoms with Gasteiger partial charge < -0.3 is 20.4 Å². The average molecular weight is 489 g/mol. The van der Waals surface area contributed by atoms with Crippen LogP contribution in [0.5, 0.6) is 0 Å². The van der Waals surface area contributed by atoms with Gasteiger partial charge in [-0.25, -0.2) is 0 Å². The van der Waals surface area contributed by atoms with Gasteiger partial charge in [-0.05, 0) is 97.2 Å². The van der Waals surface area contributed by atoms with Gasteiger partial charge in [0.15, 0.2) is 0 Å². The standard InChI is InChI=1S/C30H48O5/c1-25(2)15-19-18-7-8-21-26(3)11-10-22(32)27(4,17-31)20(26)9-12-29(21,6)28(18,5)13-14-30(19,24(34)35)16-23(25)33/h7,19-23,31-33H,8-17H2,1-6H3,(H,34,35)/t19-,20+,21+,22-,23-,26+,27+,28+,29+,30+/m0/s1. The number of allylic oxidation sites excluding steroid dienone is 2. The first-order valence-electron chi connectivity index (χ1n) is 14.0. The molecule has 10 atom stereocenters. The lowest BCUT2D eigenvalue weighted by Gasteiger charge is -2.71. The van der Waals surface area contributed by atoms with Gasteiger partial charge in [-0.2, -0.15) is 0 Å². The Morgan fingerprint density at radius 3 is 2.23 bits per heavy atom. The molecule has 0 heterocycles. The van der Waals surface area contributed by atoms with Crippen LogP contribution in [0, 0.1) is 50.2 Å². The summed E-state index contributed by atoms with van der Waals surface area (Å²) < 4.78 is 0. The number of carboxylic acids is 1. The fourth-order valence-electron chi connectivity index (χ4n) is 10.6. The highest BCUT2D eigenvalue weighted by atomic mass is 16.4. The molecule has 0 amide bonds. The summed E-state index contributed by atoms with van der Waals surface area (Å²) in [5, 5.41) is 42.7. The summed E-state index contributed by atoms with van der Waals surface area (Å²) >= 11 is 0. The fourth-order valence-corrected chi connectivity index (χ4v) is 10.6. The second-order valence-electron chi connectivity index (χ2n) is 14.9. The van der Waals surface area contributed by atoms with Gasteiger partial charge in [0.05, 0.1) is 24.2 Å². The van der Waals surface area contributed by atoms with Crippen LogP contribution >= 0.6 is 0 Å². The molecular formula is C30H48O5. The van der Waals surface area contributed by atoms with Crippen LogP contribution in [0.4, 0.5) is 0 Å². The van der Waals surface area contributed by atoms with E-state index in [0.717, 1.165) is 44.9 Å². The molecule has 4 N–H and O–H groups in total. The Hall–Kier alpha value is -0.910. The Morgan fingerprint density at radius 2 is 1.60 bits per heavy atom. The predicted molar refractivity (Wildman–Crippen MR) is 135 cm³/mol. The van der Waals surface area contributed by atoms with Crippen molar-refractivity contribution < 1.29 is 25.2 Å². The van der Waals surface area contributed by atoms with Crippen LogP contribution < -0.4 is 0 Å². The Kier molecular flexibility index (Phi) is 5.56. The topological polar surface area (TPSA) is 98.0 Å². The molecule has 5 aliphatic rings. The molecule has 0 aromatic carbocycles. The maximum Gasteiger partial charge on any atom is 0.310 e. The molecule has 5 heteroatoms. The highest BCUT2D eigenvalue weighted by Crippen LogP contribution is 2.75. The van der Waals surface area contributed by atoms with Crippen LogP contribution in [0.15, 0.2) is 11.6 Å². The van der Waals surface area contributed by atoms with E-state index in [0.29, 0.717) is 18.8 Å². The number of aliphatic hydroxyl groups is 3. The second-order valence-corrected chi connectivity index (χ2v) is 14.9. The summed E-state index contributed by atoms with van der Waals surface area (Å²) in [7, 11) is 0. The number of aliphatic hydroxyl groups excluding tert-OH is 3. The number of carboxylic acid groups (broad SMARTS) is 1. The van der Waals surface area contributed by atoms with Gasteiger partial charge in [0.1, 0.15) is 0 Å². The zero-order valence-corrected chi connectivity index (χ0v) is 22.7. The number of hydrogen-bond donors (Lipinski definition) is 4. The molecule has 5 aliphatic carbocycles. The summed E-state index contributed by atoms with van der Waals surface area (Å²) in [5.41, 5.74) is -0.260. The van der Waals surface area contributed by atoms with Crippen LogP contribution in [0.1, 0.15) is 99.3 Å². The quantitative estimate of drug-likeness (QED) is 0.402. The minimum Gasteiger partial charge on any atom is -0.481 e. The Morgan fingerprint density at radius 1 is 0.914 bits per heavy atom. The van der Waals surface area contributed by atoms with Crippen LogP contribution in [0.3, 0.4) is 0 Å². The van der Waals surface area contributed by atoms with Crippen molar-refractivity contribution in [1.29, 1.82) is 0 Å². The highest BCUT2D eigenvalue weighted by molar-refractivity contribution is 5.77. The van der Waals surface area contributed by atoms with E-state index in [2.05, 4.69) is 47.6 Å². The molecule has 0 radical (unpaired) electrons. The monoisotopic (exact) mass is 488 g/mol. The first-order chi connectivity index (χ1) is 16.1. The third kappa shape index (κ3) is 3.01. The van der Waals surface area contributed by atoms with E-state index in [1.807, 2.05) is 0 Å². The van der Waals surface area contributed by atoms with E-state index >= 15 is 0 Å². The van der Waals surface area contributed by atoms with Crippen molar-refractivity contribution in [2.24, 2.45) is 50.2 Å². The maximum atomic E-state index is 12.8. The van der Waals surface area contributed by atoms with Crippen molar-refractivity contribution in [2.45, 2.75) is 112 Å². The molecular weight excluding hydrogens is 440 g/mol. The molecule has 198 valence electrons. The maximum absolute atomic E-state index is 12.8. The Bertz CT molecular complexity index is 941. The molecule has 0 bridgehead atoms. The van der Waals surface area contributed by atoms with E-state index in [4.69, 9.17) is 0 Å². The van der Waals surface area contributed by atoms with E-state index in [9.17, 15) is 25.2 Å². The lowest BCUT2D eigenvalue weighted by molar-refractivity contribution is -0.218. The van der Waals surface area contributed by atoms with Gasteiger partial charge in [0.25, 0.3) is 0 Å². The largest absolute Gasteiger partial charge is 0.481 e. The summed E-state index contributed by atoms with van der Waals surface area (Å²) in [6.45, 7) is 13.6. The molecule has 5 rings (SSSR count). The molecule has 35 heavy (non-hydrogen) atoms. The van der Waals surface area contributed by atoms with Gasteiger partial charge in [-0.3, -0.25) is 4.79 Å². The van der Waals surface area contributed by atoms with Crippen molar-refractivity contribution in [2.75, 3.05) is 6.61 Å². The van der Waals surface area contributed by atoms with Crippen LogP contribution in [0.2, 0.25) is 0 Å². The smallest absolute Gasteiger partial charge is 0.310 e. The van der Waals surface area contributed by atoms with Crippen molar-refractivity contribution in [3.63, 3.8) is 0 Å². The number of hydrogen-bond acceptors (Lipinski definition) is 4. The number of fused-ring (bicyclic) bond motifs is 7. The molecule has 0 aromatic heterocycles. The minimum atomic E-state index is -0.866. The third-order valence-corrected chi connectivity index (χ3v) is 13.4. The van der Waals surface area contributed by atoms with Gasteiger partial charge in [-0.1, -0.05) is 53.2 Å². The lowest BCUT2D eigenvalue weighted by atomic mass is 9.33. The first kappa shape index (κ1) is 25.7. The van der Waals surface area contributed by atoms with Gasteiger partial charge in [0, 0.05) is 5.41 Å². The van der Waals surface area contributed by atoms with Crippen LogP contribution in [-0.2, 0) is 4.79 Å². The summed E-state index contributed by atoms with van der Waals surface area (Å²) in [6.07, 6.45) is 8.64. The summed E-state index contributed by atoms with van der Waals surface area (Å²) in [6, 6.07) is 0. The van der Waals surface area contributed by atoms with Crippen molar-refractivity contribution in [3.8, 4) is 0 Å². The molecule has 0 unspecified atom stereocenters. The Balaban J connectivity index is 1.60. The molecule has 4 fully saturated rings. The van der Waals surface area contributed by atoms with E-state index < -0.39 is 29.0 Å². The molecule has 4 saturated carbocycles. The first-order valence-corrected chi connectivity index (χ1v) is 14.0. The summed E-state index contributed by atoms with van der Waals surface area (Å²) in [5.74, 6) is -0.0366. The number of carbonyl (C=O) groups is 1. The third-order valence-electron chi connectivity index (χ3n) is 13.4. The Labute approximate surface area is 211 Å². The molecule has 0 spiro atoms. The van der Waals surface area contributed by atoms with Gasteiger partial charge in [-0.15, -0.1) is 0 Å². The van der Waals surface area contributed by atoms with Gasteiger partial charge >= 0.3 is 5.97 Å². The SMILES string of the molecule is CC1(C)C[C@H]2C3=CC[C@@H]4[C@]5(C)CC[C@H](O)[C@](C)(CO)[C@@H]5CC[C@@]4(C)[C@]3(C)CC[C@@]2(C(=O)O)C[C@@H]1O. The van der Waals surface area contributed by atoms with E-state index in [1.54, 1.807) is 0 Å². The minimum absolute atomic E-state index is 0.0246. The molecule has 0 aromatic rings. The lowest BCUT2D eigenvalue weighted by Crippen LogP contribution is -2.66. The van der Waals surface area contributed by atoms with Gasteiger partial charge in [0.2, 0.25) is 0 Å². The predicted octanol–water partition coefficient (Wildman–Crippen LogP) is 5.18. The summed E-state index contributed by atoms with van der Waals surface area (Å²) in [4.78, 5) is 12.8. The highest BCUT2D eigenvalue weighted by Gasteiger charge is 2.70. The zero-order chi connectivity index (χ0) is 25.8. The normalized spacial score (nSPS) is 55.0.